The number of phenolic OH excluding ortho intramolecular Hbond substituents is 1. The maximum atomic E-state index is 13.2. The normalized spacial score (nSPS) is 11.3. The quantitative estimate of drug-likeness (QED) is 0.314. The number of aromatic hydroxyl groups is 1. The monoisotopic (exact) mass is 381 g/mol. The summed E-state index contributed by atoms with van der Waals surface area (Å²) in [6, 6.07) is 12.5. The van der Waals surface area contributed by atoms with Gasteiger partial charge in [0.25, 0.3) is 0 Å². The first-order chi connectivity index (χ1) is 13.1. The summed E-state index contributed by atoms with van der Waals surface area (Å²) in [7, 11) is 0. The van der Waals surface area contributed by atoms with Crippen molar-refractivity contribution in [1.82, 2.24) is 4.98 Å². The van der Waals surface area contributed by atoms with Crippen molar-refractivity contribution in [3.05, 3.63) is 75.7 Å². The fraction of sp³-hybridized carbons (Fsp3) is 0. The Labute approximate surface area is 156 Å². The van der Waals surface area contributed by atoms with Crippen LogP contribution in [-0.2, 0) is 0 Å². The lowest BCUT2D eigenvalue weighted by atomic mass is 10.1. The van der Waals surface area contributed by atoms with E-state index >= 15 is 0 Å². The number of halogens is 1. The highest BCUT2D eigenvalue weighted by molar-refractivity contribution is 7.14. The van der Waals surface area contributed by atoms with E-state index in [0.29, 0.717) is 22.0 Å². The van der Waals surface area contributed by atoms with Crippen molar-refractivity contribution in [3.8, 4) is 17.0 Å². The summed E-state index contributed by atoms with van der Waals surface area (Å²) in [4.78, 5) is 16.5. The Balaban J connectivity index is 1.57. The molecule has 8 heteroatoms. The van der Waals surface area contributed by atoms with E-state index in [1.165, 1.54) is 23.6 Å². The van der Waals surface area contributed by atoms with Crippen LogP contribution in [0.4, 0.5) is 9.52 Å². The highest BCUT2D eigenvalue weighted by atomic mass is 32.1. The third kappa shape index (κ3) is 3.56. The molecule has 2 aromatic heterocycles. The molecule has 0 unspecified atom stereocenters. The third-order valence-corrected chi connectivity index (χ3v) is 4.52. The van der Waals surface area contributed by atoms with E-state index < -0.39 is 11.4 Å². The standard InChI is InChI=1S/C19H12FN3O3S/c20-13-5-6-16(24)12(7-13)9-21-23-19-22-15(10-27-19)14-8-11-3-1-2-4-17(11)26-18(14)25/h1-10,24H,(H,22,23)/b21-9+. The van der Waals surface area contributed by atoms with Crippen molar-refractivity contribution in [2.45, 2.75) is 0 Å². The summed E-state index contributed by atoms with van der Waals surface area (Å²) < 4.78 is 18.5. The minimum Gasteiger partial charge on any atom is -0.507 e. The number of hydrazone groups is 1. The molecule has 4 aromatic rings. The molecular formula is C19H12FN3O3S. The molecule has 0 radical (unpaired) electrons. The number of anilines is 1. The van der Waals surface area contributed by atoms with Gasteiger partial charge in [0.05, 0.1) is 17.5 Å². The van der Waals surface area contributed by atoms with E-state index in [2.05, 4.69) is 15.5 Å². The van der Waals surface area contributed by atoms with E-state index in [9.17, 15) is 14.3 Å². The fourth-order valence-electron chi connectivity index (χ4n) is 2.48. The van der Waals surface area contributed by atoms with Crippen LogP contribution in [0, 0.1) is 5.82 Å². The molecule has 2 aromatic carbocycles. The van der Waals surface area contributed by atoms with Gasteiger partial charge in [-0.2, -0.15) is 5.10 Å². The number of hydrogen-bond acceptors (Lipinski definition) is 7. The van der Waals surface area contributed by atoms with Gasteiger partial charge in [0.2, 0.25) is 5.13 Å². The molecule has 0 saturated heterocycles. The number of nitrogens with zero attached hydrogens (tertiary/aromatic N) is 2. The summed E-state index contributed by atoms with van der Waals surface area (Å²) in [5.41, 5.74) is 3.78. The molecule has 0 saturated carbocycles. The Morgan fingerprint density at radius 1 is 1.22 bits per heavy atom. The first-order valence-electron chi connectivity index (χ1n) is 7.86. The second-order valence-corrected chi connectivity index (χ2v) is 6.45. The molecule has 0 spiro atoms. The molecule has 0 aliphatic heterocycles. The summed E-state index contributed by atoms with van der Waals surface area (Å²) in [6.07, 6.45) is 1.28. The van der Waals surface area contributed by atoms with Crippen molar-refractivity contribution in [1.29, 1.82) is 0 Å². The van der Waals surface area contributed by atoms with E-state index in [4.69, 9.17) is 4.42 Å². The highest BCUT2D eigenvalue weighted by Gasteiger charge is 2.11. The predicted octanol–water partition coefficient (Wildman–Crippen LogP) is 4.21. The van der Waals surface area contributed by atoms with Gasteiger partial charge in [-0.15, -0.1) is 11.3 Å². The lowest BCUT2D eigenvalue weighted by molar-refractivity contribution is 0.472. The number of para-hydroxylation sites is 1. The third-order valence-electron chi connectivity index (χ3n) is 3.77. The zero-order valence-electron chi connectivity index (χ0n) is 13.7. The average molecular weight is 381 g/mol. The van der Waals surface area contributed by atoms with Crippen molar-refractivity contribution >= 4 is 33.7 Å². The Morgan fingerprint density at radius 2 is 2.07 bits per heavy atom. The topological polar surface area (TPSA) is 87.7 Å². The van der Waals surface area contributed by atoms with Crippen LogP contribution in [0.25, 0.3) is 22.2 Å². The van der Waals surface area contributed by atoms with Crippen molar-refractivity contribution in [3.63, 3.8) is 0 Å². The van der Waals surface area contributed by atoms with Gasteiger partial charge in [0.1, 0.15) is 17.1 Å². The summed E-state index contributed by atoms with van der Waals surface area (Å²) in [5, 5.41) is 16.5. The van der Waals surface area contributed by atoms with Crippen LogP contribution in [0.3, 0.4) is 0 Å². The van der Waals surface area contributed by atoms with Gasteiger partial charge in [-0.1, -0.05) is 18.2 Å². The maximum Gasteiger partial charge on any atom is 0.345 e. The Hall–Kier alpha value is -3.52. The molecule has 2 heterocycles. The van der Waals surface area contributed by atoms with Gasteiger partial charge in [-0.05, 0) is 30.3 Å². The molecule has 134 valence electrons. The SMILES string of the molecule is O=c1oc2ccccc2cc1-c1csc(N/N=C/c2cc(F)ccc2O)n1. The van der Waals surface area contributed by atoms with Gasteiger partial charge in [0.15, 0.2) is 0 Å². The molecule has 27 heavy (non-hydrogen) atoms. The first kappa shape index (κ1) is 16.9. The number of thiazole rings is 1. The molecule has 2 N–H and O–H groups in total. The molecule has 0 aliphatic carbocycles. The number of aromatic nitrogens is 1. The summed E-state index contributed by atoms with van der Waals surface area (Å²) >= 11 is 1.25. The van der Waals surface area contributed by atoms with E-state index in [-0.39, 0.29) is 11.3 Å². The number of fused-ring (bicyclic) bond motifs is 1. The zero-order chi connectivity index (χ0) is 18.8. The largest absolute Gasteiger partial charge is 0.507 e. The van der Waals surface area contributed by atoms with E-state index in [1.807, 2.05) is 12.1 Å². The van der Waals surface area contributed by atoms with Crippen molar-refractivity contribution < 1.29 is 13.9 Å². The first-order valence-corrected chi connectivity index (χ1v) is 8.74. The second kappa shape index (κ2) is 7.00. The van der Waals surface area contributed by atoms with E-state index in [0.717, 1.165) is 17.5 Å². The number of hydrogen-bond donors (Lipinski definition) is 2. The molecule has 0 fully saturated rings. The number of benzene rings is 2. The predicted molar refractivity (Wildman–Crippen MR) is 103 cm³/mol. The van der Waals surface area contributed by atoms with Gasteiger partial charge in [0, 0.05) is 16.3 Å². The molecule has 6 nitrogen and oxygen atoms in total. The lowest BCUT2D eigenvalue weighted by Crippen LogP contribution is -2.02. The lowest BCUT2D eigenvalue weighted by Gasteiger charge is -1.99. The summed E-state index contributed by atoms with van der Waals surface area (Å²) in [6.45, 7) is 0. The molecule has 0 bridgehead atoms. The maximum absolute atomic E-state index is 13.2. The zero-order valence-corrected chi connectivity index (χ0v) is 14.5. The molecule has 0 atom stereocenters. The fourth-order valence-corrected chi connectivity index (χ4v) is 3.13. The molecule has 0 amide bonds. The second-order valence-electron chi connectivity index (χ2n) is 5.60. The van der Waals surface area contributed by atoms with Crippen LogP contribution in [0.2, 0.25) is 0 Å². The highest BCUT2D eigenvalue weighted by Crippen LogP contribution is 2.25. The Kier molecular flexibility index (Phi) is 4.39. The van der Waals surface area contributed by atoms with Crippen molar-refractivity contribution in [2.75, 3.05) is 5.43 Å². The van der Waals surface area contributed by atoms with Crippen LogP contribution in [0.15, 0.2) is 68.2 Å². The Morgan fingerprint density at radius 3 is 2.96 bits per heavy atom. The average Bonchev–Trinajstić information content (AvgIpc) is 3.12. The van der Waals surface area contributed by atoms with Gasteiger partial charge in [-0.3, -0.25) is 5.43 Å². The number of phenols is 1. The van der Waals surface area contributed by atoms with Crippen LogP contribution in [0.5, 0.6) is 5.75 Å². The molecule has 4 rings (SSSR count). The van der Waals surface area contributed by atoms with Crippen LogP contribution in [0.1, 0.15) is 5.56 Å². The Bertz CT molecular complexity index is 1220. The van der Waals surface area contributed by atoms with Crippen LogP contribution >= 0.6 is 11.3 Å². The van der Waals surface area contributed by atoms with E-state index in [1.54, 1.807) is 23.6 Å². The number of rotatable bonds is 4. The minimum atomic E-state index is -0.478. The van der Waals surface area contributed by atoms with Gasteiger partial charge >= 0.3 is 5.63 Å². The van der Waals surface area contributed by atoms with Gasteiger partial charge in [-0.25, -0.2) is 14.2 Å². The van der Waals surface area contributed by atoms with Crippen LogP contribution in [-0.4, -0.2) is 16.3 Å². The van der Waals surface area contributed by atoms with Crippen LogP contribution < -0.4 is 11.1 Å². The summed E-state index contributed by atoms with van der Waals surface area (Å²) in [5.74, 6) is -0.565. The molecular weight excluding hydrogens is 369 g/mol. The molecule has 0 aliphatic rings. The number of nitrogens with one attached hydrogen (secondary N) is 1. The smallest absolute Gasteiger partial charge is 0.345 e. The van der Waals surface area contributed by atoms with Gasteiger partial charge < -0.3 is 9.52 Å². The minimum absolute atomic E-state index is 0.0875. The van der Waals surface area contributed by atoms with Crippen molar-refractivity contribution in [2.24, 2.45) is 5.10 Å².